The van der Waals surface area contributed by atoms with Crippen LogP contribution in [0.4, 0.5) is 5.69 Å². The van der Waals surface area contributed by atoms with Gasteiger partial charge in [0.25, 0.3) is 0 Å². The van der Waals surface area contributed by atoms with Crippen LogP contribution < -0.4 is 15.3 Å². The Morgan fingerprint density at radius 1 is 0.902 bits per heavy atom. The SMILES string of the molecule is C#C/C=C\C(=C/C)N(/C(C)=C/C=C\C=C)c1ccc(C=C2C(=O)C3C=c4ccccc4=CC3C2=O)c2ccccc12. The lowest BCUT2D eigenvalue weighted by Gasteiger charge is -2.28. The van der Waals surface area contributed by atoms with E-state index >= 15 is 0 Å². The van der Waals surface area contributed by atoms with Gasteiger partial charge in [0.1, 0.15) is 0 Å². The minimum Gasteiger partial charge on any atom is -0.314 e. The molecule has 1 saturated carbocycles. The van der Waals surface area contributed by atoms with E-state index in [1.807, 2.05) is 111 Å². The van der Waals surface area contributed by atoms with E-state index in [1.165, 1.54) is 0 Å². The number of allylic oxidation sites excluding steroid dienone is 9. The number of nitrogens with zero attached hydrogens (tertiary/aromatic N) is 1. The number of fused-ring (bicyclic) bond motifs is 3. The van der Waals surface area contributed by atoms with Gasteiger partial charge < -0.3 is 4.90 Å². The Morgan fingerprint density at radius 2 is 1.54 bits per heavy atom. The van der Waals surface area contributed by atoms with Crippen LogP contribution in [0.25, 0.3) is 29.0 Å². The zero-order chi connectivity index (χ0) is 28.9. The molecular formula is C38H31NO2. The molecule has 0 spiro atoms. The van der Waals surface area contributed by atoms with E-state index in [1.54, 1.807) is 18.2 Å². The Balaban J connectivity index is 1.64. The molecule has 0 amide bonds. The highest BCUT2D eigenvalue weighted by molar-refractivity contribution is 6.33. The fourth-order valence-electron chi connectivity index (χ4n) is 5.61. The molecule has 200 valence electrons. The molecule has 0 bridgehead atoms. The second-order valence-electron chi connectivity index (χ2n) is 10.00. The van der Waals surface area contributed by atoms with Crippen LogP contribution in [0.5, 0.6) is 0 Å². The summed E-state index contributed by atoms with van der Waals surface area (Å²) in [5.74, 6) is 1.42. The van der Waals surface area contributed by atoms with Crippen LogP contribution in [-0.2, 0) is 9.59 Å². The van der Waals surface area contributed by atoms with Crippen LogP contribution in [0.3, 0.4) is 0 Å². The number of carbonyl (C=O) groups excluding carboxylic acids is 2. The maximum Gasteiger partial charge on any atom is 0.174 e. The monoisotopic (exact) mass is 533 g/mol. The number of carbonyl (C=O) groups is 2. The van der Waals surface area contributed by atoms with Gasteiger partial charge in [-0.15, -0.1) is 6.42 Å². The zero-order valence-electron chi connectivity index (χ0n) is 23.2. The average Bonchev–Trinajstić information content (AvgIpc) is 3.22. The summed E-state index contributed by atoms with van der Waals surface area (Å²) in [6.45, 7) is 7.77. The fraction of sp³-hybridized carbons (Fsp3) is 0.105. The summed E-state index contributed by atoms with van der Waals surface area (Å²) in [7, 11) is 0. The quantitative estimate of drug-likeness (QED) is 0.152. The van der Waals surface area contributed by atoms with Gasteiger partial charge >= 0.3 is 0 Å². The minimum atomic E-state index is -0.457. The largest absolute Gasteiger partial charge is 0.314 e. The van der Waals surface area contributed by atoms with E-state index in [0.29, 0.717) is 0 Å². The number of Topliss-reactive ketones (excluding diaryl/α,β-unsaturated/α-hetero) is 2. The first-order valence-electron chi connectivity index (χ1n) is 13.6. The van der Waals surface area contributed by atoms with Crippen molar-refractivity contribution >= 4 is 46.3 Å². The van der Waals surface area contributed by atoms with Crippen LogP contribution >= 0.6 is 0 Å². The predicted molar refractivity (Wildman–Crippen MR) is 171 cm³/mol. The lowest BCUT2D eigenvalue weighted by Crippen LogP contribution is -2.33. The summed E-state index contributed by atoms with van der Waals surface area (Å²) < 4.78 is 0. The Kier molecular flexibility index (Phi) is 7.94. The molecule has 2 aliphatic carbocycles. The van der Waals surface area contributed by atoms with E-state index in [9.17, 15) is 9.59 Å². The molecule has 3 nitrogen and oxygen atoms in total. The first-order valence-corrected chi connectivity index (χ1v) is 13.6. The number of anilines is 1. The lowest BCUT2D eigenvalue weighted by atomic mass is 9.89. The van der Waals surface area contributed by atoms with E-state index in [0.717, 1.165) is 43.9 Å². The van der Waals surface area contributed by atoms with Crippen molar-refractivity contribution in [1.29, 1.82) is 0 Å². The Labute approximate surface area is 241 Å². The predicted octanol–water partition coefficient (Wildman–Crippen LogP) is 6.43. The van der Waals surface area contributed by atoms with Gasteiger partial charge in [-0.3, -0.25) is 9.59 Å². The number of rotatable bonds is 7. The molecule has 3 heteroatoms. The standard InChI is InChI=1S/C38H31NO2/c1-5-8-10-15-26(4)39(30(7-3)18-9-6-2)36-22-21-29(31-19-13-14-20-32(31)36)25-35-37(40)33-23-27-16-11-12-17-28(27)24-34(33)38(35)41/h2,5,7-25,33-34H,1H2,3-4H3/b10-8-,18-9-,26-15+,30-7+,35-25?. The molecule has 1 fully saturated rings. The van der Waals surface area contributed by atoms with Gasteiger partial charge in [0.2, 0.25) is 0 Å². The van der Waals surface area contributed by atoms with Crippen molar-refractivity contribution in [2.45, 2.75) is 13.8 Å². The van der Waals surface area contributed by atoms with Crippen molar-refractivity contribution < 1.29 is 9.59 Å². The summed E-state index contributed by atoms with van der Waals surface area (Å²) in [6, 6.07) is 19.9. The van der Waals surface area contributed by atoms with Gasteiger partial charge in [0.05, 0.1) is 23.1 Å². The number of terminal acetylenes is 1. The normalized spacial score (nSPS) is 18.6. The van der Waals surface area contributed by atoms with Gasteiger partial charge in [-0.2, -0.15) is 0 Å². The molecule has 2 aliphatic rings. The maximum absolute atomic E-state index is 13.5. The van der Waals surface area contributed by atoms with Gasteiger partial charge in [0.15, 0.2) is 11.6 Å². The van der Waals surface area contributed by atoms with Crippen LogP contribution in [-0.4, -0.2) is 11.6 Å². The third-order valence-electron chi connectivity index (χ3n) is 7.55. The van der Waals surface area contributed by atoms with Crippen molar-refractivity contribution in [3.63, 3.8) is 0 Å². The summed E-state index contributed by atoms with van der Waals surface area (Å²) in [6.07, 6.45) is 24.4. The van der Waals surface area contributed by atoms with Gasteiger partial charge in [-0.25, -0.2) is 0 Å². The second kappa shape index (κ2) is 11.9. The zero-order valence-corrected chi connectivity index (χ0v) is 23.2. The fourth-order valence-corrected chi connectivity index (χ4v) is 5.61. The van der Waals surface area contributed by atoms with E-state index in [4.69, 9.17) is 6.42 Å². The molecule has 5 rings (SSSR count). The summed E-state index contributed by atoms with van der Waals surface area (Å²) in [5.41, 5.74) is 3.92. The minimum absolute atomic E-state index is 0.121. The lowest BCUT2D eigenvalue weighted by molar-refractivity contribution is -0.117. The van der Waals surface area contributed by atoms with Crippen LogP contribution in [0.15, 0.2) is 127 Å². The van der Waals surface area contributed by atoms with Gasteiger partial charge in [0, 0.05) is 16.8 Å². The number of benzene rings is 3. The van der Waals surface area contributed by atoms with Gasteiger partial charge in [-0.05, 0) is 65.6 Å². The first kappa shape index (κ1) is 27.4. The van der Waals surface area contributed by atoms with Gasteiger partial charge in [-0.1, -0.05) is 104 Å². The molecular weight excluding hydrogens is 502 g/mol. The second-order valence-corrected chi connectivity index (χ2v) is 10.00. The molecule has 41 heavy (non-hydrogen) atoms. The molecule has 3 aromatic rings. The Hall–Kier alpha value is -5.20. The van der Waals surface area contributed by atoms with E-state index in [-0.39, 0.29) is 17.1 Å². The number of ketones is 2. The van der Waals surface area contributed by atoms with Crippen LogP contribution in [0, 0.1) is 24.2 Å². The topological polar surface area (TPSA) is 37.4 Å². The molecule has 0 radical (unpaired) electrons. The van der Waals surface area contributed by atoms with E-state index in [2.05, 4.69) is 23.5 Å². The highest BCUT2D eigenvalue weighted by atomic mass is 16.2. The van der Waals surface area contributed by atoms with Crippen molar-refractivity contribution in [2.75, 3.05) is 4.90 Å². The summed E-state index contributed by atoms with van der Waals surface area (Å²) >= 11 is 0. The van der Waals surface area contributed by atoms with Crippen molar-refractivity contribution in [2.24, 2.45) is 11.8 Å². The summed E-state index contributed by atoms with van der Waals surface area (Å²) in [4.78, 5) is 29.2. The molecule has 0 aromatic heterocycles. The molecule has 2 atom stereocenters. The molecule has 2 unspecified atom stereocenters. The smallest absolute Gasteiger partial charge is 0.174 e. The van der Waals surface area contributed by atoms with Crippen molar-refractivity contribution in [1.82, 2.24) is 0 Å². The third-order valence-corrected chi connectivity index (χ3v) is 7.55. The molecule has 0 aliphatic heterocycles. The average molecular weight is 534 g/mol. The molecule has 3 aromatic carbocycles. The Morgan fingerprint density at radius 3 is 2.15 bits per heavy atom. The van der Waals surface area contributed by atoms with Crippen LogP contribution in [0.2, 0.25) is 0 Å². The molecule has 0 saturated heterocycles. The van der Waals surface area contributed by atoms with Crippen molar-refractivity contribution in [3.8, 4) is 12.3 Å². The number of hydrogen-bond donors (Lipinski definition) is 0. The Bertz CT molecular complexity index is 1830. The van der Waals surface area contributed by atoms with Crippen molar-refractivity contribution in [3.05, 3.63) is 143 Å². The molecule has 0 N–H and O–H groups in total. The third kappa shape index (κ3) is 5.21. The van der Waals surface area contributed by atoms with E-state index < -0.39 is 11.8 Å². The first-order chi connectivity index (χ1) is 20.0. The maximum atomic E-state index is 13.5. The number of hydrogen-bond acceptors (Lipinski definition) is 3. The molecule has 0 heterocycles. The van der Waals surface area contributed by atoms with Crippen LogP contribution in [0.1, 0.15) is 19.4 Å². The highest BCUT2D eigenvalue weighted by Gasteiger charge is 2.44. The summed E-state index contributed by atoms with van der Waals surface area (Å²) in [5, 5.41) is 3.92. The highest BCUT2D eigenvalue weighted by Crippen LogP contribution is 2.38.